The van der Waals surface area contributed by atoms with Crippen LogP contribution in [0.4, 0.5) is 10.1 Å². The highest BCUT2D eigenvalue weighted by atomic mass is 19.1. The van der Waals surface area contributed by atoms with Gasteiger partial charge in [0.2, 0.25) is 0 Å². The van der Waals surface area contributed by atoms with Crippen LogP contribution in [0.2, 0.25) is 0 Å². The standard InChI is InChI=1S/C10H14FNO2/c1-13-6-5-12-10-4-3-8(14-2)7-9(10)11/h3-4,7,12H,5-6H2,1-2H3. The second kappa shape index (κ2) is 5.44. The Morgan fingerprint density at radius 2 is 2.14 bits per heavy atom. The van der Waals surface area contributed by atoms with Gasteiger partial charge in [0.1, 0.15) is 11.6 Å². The van der Waals surface area contributed by atoms with Gasteiger partial charge in [-0.15, -0.1) is 0 Å². The summed E-state index contributed by atoms with van der Waals surface area (Å²) in [6, 6.07) is 4.69. The molecule has 0 saturated carbocycles. The van der Waals surface area contributed by atoms with Crippen LogP contribution < -0.4 is 10.1 Å². The van der Waals surface area contributed by atoms with Gasteiger partial charge in [-0.25, -0.2) is 4.39 Å². The molecule has 0 aromatic heterocycles. The van der Waals surface area contributed by atoms with Crippen LogP contribution in [0, 0.1) is 5.82 Å². The van der Waals surface area contributed by atoms with E-state index in [1.807, 2.05) is 0 Å². The Hall–Kier alpha value is -1.29. The highest BCUT2D eigenvalue weighted by Crippen LogP contribution is 2.19. The first-order valence-corrected chi connectivity index (χ1v) is 4.34. The molecule has 1 aromatic carbocycles. The molecule has 0 spiro atoms. The zero-order valence-corrected chi connectivity index (χ0v) is 8.34. The van der Waals surface area contributed by atoms with Crippen molar-refractivity contribution in [1.29, 1.82) is 0 Å². The molecule has 0 heterocycles. The Kier molecular flexibility index (Phi) is 4.19. The predicted octanol–water partition coefficient (Wildman–Crippen LogP) is 1.89. The lowest BCUT2D eigenvalue weighted by molar-refractivity contribution is 0.210. The van der Waals surface area contributed by atoms with E-state index in [1.54, 1.807) is 19.2 Å². The third-order valence-electron chi connectivity index (χ3n) is 1.80. The molecule has 1 aromatic rings. The quantitative estimate of drug-likeness (QED) is 0.734. The smallest absolute Gasteiger partial charge is 0.149 e. The molecule has 0 bridgehead atoms. The molecule has 78 valence electrons. The molecule has 1 N–H and O–H groups in total. The Bertz CT molecular complexity index is 291. The van der Waals surface area contributed by atoms with Gasteiger partial charge in [-0.05, 0) is 12.1 Å². The maximum atomic E-state index is 13.3. The first-order valence-electron chi connectivity index (χ1n) is 4.34. The van der Waals surface area contributed by atoms with E-state index in [0.29, 0.717) is 24.6 Å². The Labute approximate surface area is 82.8 Å². The van der Waals surface area contributed by atoms with E-state index in [2.05, 4.69) is 5.32 Å². The molecule has 0 saturated heterocycles. The second-order valence-electron chi connectivity index (χ2n) is 2.77. The van der Waals surface area contributed by atoms with Gasteiger partial charge in [-0.2, -0.15) is 0 Å². The molecule has 0 radical (unpaired) electrons. The van der Waals surface area contributed by atoms with Crippen LogP contribution in [0.15, 0.2) is 18.2 Å². The number of anilines is 1. The summed E-state index contributed by atoms with van der Waals surface area (Å²) in [5, 5.41) is 2.91. The van der Waals surface area contributed by atoms with Crippen molar-refractivity contribution in [1.82, 2.24) is 0 Å². The van der Waals surface area contributed by atoms with Crippen LogP contribution in [-0.2, 0) is 4.74 Å². The Morgan fingerprint density at radius 3 is 2.71 bits per heavy atom. The first-order chi connectivity index (χ1) is 6.77. The van der Waals surface area contributed by atoms with Crippen LogP contribution in [-0.4, -0.2) is 27.4 Å². The van der Waals surface area contributed by atoms with Crippen molar-refractivity contribution >= 4 is 5.69 Å². The summed E-state index contributed by atoms with van der Waals surface area (Å²) in [5.41, 5.74) is 0.461. The van der Waals surface area contributed by atoms with Gasteiger partial charge in [-0.3, -0.25) is 0 Å². The molecule has 0 aliphatic heterocycles. The number of methoxy groups -OCH3 is 2. The number of ether oxygens (including phenoxy) is 2. The van der Waals surface area contributed by atoms with Gasteiger partial charge in [0, 0.05) is 19.7 Å². The fraction of sp³-hybridized carbons (Fsp3) is 0.400. The van der Waals surface area contributed by atoms with E-state index in [9.17, 15) is 4.39 Å². The minimum Gasteiger partial charge on any atom is -0.497 e. The summed E-state index contributed by atoms with van der Waals surface area (Å²) in [6.07, 6.45) is 0. The number of hydrogen-bond donors (Lipinski definition) is 1. The molecule has 1 rings (SSSR count). The molecule has 0 aliphatic rings. The molecule has 0 aliphatic carbocycles. The fourth-order valence-electron chi connectivity index (χ4n) is 1.05. The van der Waals surface area contributed by atoms with Gasteiger partial charge < -0.3 is 14.8 Å². The average Bonchev–Trinajstić information content (AvgIpc) is 2.20. The molecular weight excluding hydrogens is 185 g/mol. The molecule has 0 atom stereocenters. The van der Waals surface area contributed by atoms with E-state index in [-0.39, 0.29) is 5.82 Å². The topological polar surface area (TPSA) is 30.5 Å². The maximum Gasteiger partial charge on any atom is 0.149 e. The van der Waals surface area contributed by atoms with Crippen LogP contribution >= 0.6 is 0 Å². The van der Waals surface area contributed by atoms with E-state index < -0.39 is 0 Å². The van der Waals surface area contributed by atoms with Crippen molar-refractivity contribution in [2.24, 2.45) is 0 Å². The van der Waals surface area contributed by atoms with Crippen molar-refractivity contribution in [2.75, 3.05) is 32.7 Å². The van der Waals surface area contributed by atoms with E-state index in [4.69, 9.17) is 9.47 Å². The third-order valence-corrected chi connectivity index (χ3v) is 1.80. The van der Waals surface area contributed by atoms with Crippen molar-refractivity contribution in [3.8, 4) is 5.75 Å². The molecule has 4 heteroatoms. The predicted molar refractivity (Wildman–Crippen MR) is 53.3 cm³/mol. The van der Waals surface area contributed by atoms with Gasteiger partial charge in [0.15, 0.2) is 0 Å². The molecule has 0 unspecified atom stereocenters. The monoisotopic (exact) mass is 199 g/mol. The zero-order valence-electron chi connectivity index (χ0n) is 8.34. The number of halogens is 1. The van der Waals surface area contributed by atoms with E-state index in [1.165, 1.54) is 13.2 Å². The normalized spacial score (nSPS) is 9.93. The second-order valence-corrected chi connectivity index (χ2v) is 2.77. The summed E-state index contributed by atoms with van der Waals surface area (Å²) >= 11 is 0. The highest BCUT2D eigenvalue weighted by Gasteiger charge is 2.02. The number of hydrogen-bond acceptors (Lipinski definition) is 3. The van der Waals surface area contributed by atoms with Gasteiger partial charge in [-0.1, -0.05) is 0 Å². The highest BCUT2D eigenvalue weighted by molar-refractivity contribution is 5.47. The summed E-state index contributed by atoms with van der Waals surface area (Å²) in [4.78, 5) is 0. The molecule has 0 amide bonds. The number of benzene rings is 1. The summed E-state index contributed by atoms with van der Waals surface area (Å²) in [7, 11) is 3.11. The fourth-order valence-corrected chi connectivity index (χ4v) is 1.05. The Balaban J connectivity index is 2.59. The van der Waals surface area contributed by atoms with Crippen LogP contribution in [0.1, 0.15) is 0 Å². The molecular formula is C10H14FNO2. The maximum absolute atomic E-state index is 13.3. The van der Waals surface area contributed by atoms with Gasteiger partial charge in [0.25, 0.3) is 0 Å². The third kappa shape index (κ3) is 2.88. The minimum atomic E-state index is -0.319. The van der Waals surface area contributed by atoms with Crippen molar-refractivity contribution in [2.45, 2.75) is 0 Å². The lowest BCUT2D eigenvalue weighted by atomic mass is 10.3. The molecule has 0 fully saturated rings. The van der Waals surface area contributed by atoms with Crippen molar-refractivity contribution < 1.29 is 13.9 Å². The molecule has 14 heavy (non-hydrogen) atoms. The SMILES string of the molecule is COCCNc1ccc(OC)cc1F. The largest absolute Gasteiger partial charge is 0.497 e. The minimum absolute atomic E-state index is 0.319. The van der Waals surface area contributed by atoms with E-state index in [0.717, 1.165) is 0 Å². The Morgan fingerprint density at radius 1 is 1.36 bits per heavy atom. The summed E-state index contributed by atoms with van der Waals surface area (Å²) in [6.45, 7) is 1.13. The summed E-state index contributed by atoms with van der Waals surface area (Å²) in [5.74, 6) is 0.195. The van der Waals surface area contributed by atoms with Crippen LogP contribution in [0.3, 0.4) is 0 Å². The number of nitrogens with one attached hydrogen (secondary N) is 1. The average molecular weight is 199 g/mol. The molecule has 3 nitrogen and oxygen atoms in total. The van der Waals surface area contributed by atoms with E-state index >= 15 is 0 Å². The van der Waals surface area contributed by atoms with Gasteiger partial charge in [0.05, 0.1) is 19.4 Å². The van der Waals surface area contributed by atoms with Crippen molar-refractivity contribution in [3.63, 3.8) is 0 Å². The lowest BCUT2D eigenvalue weighted by Crippen LogP contribution is -2.08. The lowest BCUT2D eigenvalue weighted by Gasteiger charge is -2.07. The van der Waals surface area contributed by atoms with Crippen LogP contribution in [0.5, 0.6) is 5.75 Å². The van der Waals surface area contributed by atoms with Crippen molar-refractivity contribution in [3.05, 3.63) is 24.0 Å². The number of rotatable bonds is 5. The van der Waals surface area contributed by atoms with Gasteiger partial charge >= 0.3 is 0 Å². The zero-order chi connectivity index (χ0) is 10.4. The summed E-state index contributed by atoms with van der Waals surface area (Å²) < 4.78 is 23.0. The first kappa shape index (κ1) is 10.8. The van der Waals surface area contributed by atoms with Crippen LogP contribution in [0.25, 0.3) is 0 Å².